The summed E-state index contributed by atoms with van der Waals surface area (Å²) in [7, 11) is 0. The number of carbonyl (C=O) groups excluding carboxylic acids is 1. The van der Waals surface area contributed by atoms with E-state index < -0.39 is 0 Å². The normalized spacial score (nSPS) is 14.7. The molecule has 1 aliphatic rings. The molecule has 7 heteroatoms. The number of halogens is 1. The average molecular weight is 363 g/mol. The van der Waals surface area contributed by atoms with Crippen molar-refractivity contribution in [2.45, 2.75) is 0 Å². The maximum Gasteiger partial charge on any atom is 0.258 e. The van der Waals surface area contributed by atoms with Gasteiger partial charge in [0.15, 0.2) is 0 Å². The first kappa shape index (κ1) is 14.9. The highest BCUT2D eigenvalue weighted by Gasteiger charge is 2.14. The summed E-state index contributed by atoms with van der Waals surface area (Å²) in [5.41, 5.74) is 1.15. The lowest BCUT2D eigenvalue weighted by molar-refractivity contribution is 0.102. The molecular formula is C15H15BrN4O2. The zero-order valence-corrected chi connectivity index (χ0v) is 13.4. The number of morpholine rings is 1. The van der Waals surface area contributed by atoms with E-state index in [0.717, 1.165) is 23.2 Å². The number of carbonyl (C=O) groups is 1. The summed E-state index contributed by atoms with van der Waals surface area (Å²) < 4.78 is 6.20. The van der Waals surface area contributed by atoms with E-state index in [2.05, 4.69) is 31.2 Å². The highest BCUT2D eigenvalue weighted by molar-refractivity contribution is 9.10. The van der Waals surface area contributed by atoms with Crippen molar-refractivity contribution in [3.63, 3.8) is 0 Å². The first-order chi connectivity index (χ1) is 10.7. The molecule has 1 amide bonds. The van der Waals surface area contributed by atoms with Crippen molar-refractivity contribution in [1.82, 2.24) is 9.97 Å². The lowest BCUT2D eigenvalue weighted by atomic mass is 10.3. The number of aromatic nitrogens is 2. The van der Waals surface area contributed by atoms with Crippen molar-refractivity contribution in [2.24, 2.45) is 0 Å². The van der Waals surface area contributed by atoms with Crippen LogP contribution in [-0.2, 0) is 4.74 Å². The summed E-state index contributed by atoms with van der Waals surface area (Å²) in [4.78, 5) is 22.8. The summed E-state index contributed by atoms with van der Waals surface area (Å²) in [6.07, 6.45) is 3.09. The van der Waals surface area contributed by atoms with Gasteiger partial charge in [0.25, 0.3) is 5.91 Å². The Morgan fingerprint density at radius 3 is 2.64 bits per heavy atom. The summed E-state index contributed by atoms with van der Waals surface area (Å²) >= 11 is 3.37. The van der Waals surface area contributed by atoms with Crippen LogP contribution in [-0.4, -0.2) is 42.2 Å². The van der Waals surface area contributed by atoms with Gasteiger partial charge >= 0.3 is 0 Å². The van der Waals surface area contributed by atoms with E-state index in [1.54, 1.807) is 12.4 Å². The van der Waals surface area contributed by atoms with Crippen molar-refractivity contribution in [2.75, 3.05) is 36.5 Å². The van der Waals surface area contributed by atoms with E-state index in [4.69, 9.17) is 4.74 Å². The van der Waals surface area contributed by atoms with Gasteiger partial charge in [-0.25, -0.2) is 9.97 Å². The Balaban J connectivity index is 1.68. The predicted molar refractivity (Wildman–Crippen MR) is 87.2 cm³/mol. The molecule has 2 aromatic rings. The smallest absolute Gasteiger partial charge is 0.258 e. The van der Waals surface area contributed by atoms with Crippen molar-refractivity contribution in [3.8, 4) is 0 Å². The standard InChI is InChI=1S/C15H15BrN4O2/c16-12-2-1-3-13(8-12)19-14(21)11-9-17-15(18-10-11)20-4-6-22-7-5-20/h1-3,8-10H,4-7H2,(H,19,21). The molecule has 0 saturated carbocycles. The van der Waals surface area contributed by atoms with Gasteiger partial charge in [0.2, 0.25) is 5.95 Å². The zero-order chi connectivity index (χ0) is 15.4. The Morgan fingerprint density at radius 1 is 1.23 bits per heavy atom. The summed E-state index contributed by atoms with van der Waals surface area (Å²) in [6.45, 7) is 2.89. The third-order valence-electron chi connectivity index (χ3n) is 3.28. The molecule has 114 valence electrons. The number of amides is 1. The Kier molecular flexibility index (Phi) is 4.65. The quantitative estimate of drug-likeness (QED) is 0.907. The van der Waals surface area contributed by atoms with Gasteiger partial charge in [-0.15, -0.1) is 0 Å². The molecule has 0 unspecified atom stereocenters. The molecule has 0 aliphatic carbocycles. The fourth-order valence-corrected chi connectivity index (χ4v) is 2.53. The van der Waals surface area contributed by atoms with Gasteiger partial charge in [-0.3, -0.25) is 4.79 Å². The number of hydrogen-bond acceptors (Lipinski definition) is 5. The molecular weight excluding hydrogens is 348 g/mol. The van der Waals surface area contributed by atoms with Crippen molar-refractivity contribution in [1.29, 1.82) is 0 Å². The van der Waals surface area contributed by atoms with Crippen molar-refractivity contribution >= 4 is 33.5 Å². The molecule has 22 heavy (non-hydrogen) atoms. The molecule has 3 rings (SSSR count). The Bertz CT molecular complexity index is 657. The number of rotatable bonds is 3. The van der Waals surface area contributed by atoms with Crippen LogP contribution in [0.2, 0.25) is 0 Å². The molecule has 1 aliphatic heterocycles. The Hall–Kier alpha value is -1.99. The minimum atomic E-state index is -0.230. The first-order valence-electron chi connectivity index (χ1n) is 6.94. The third kappa shape index (κ3) is 3.61. The number of ether oxygens (including phenoxy) is 1. The van der Waals surface area contributed by atoms with Crippen molar-refractivity contribution in [3.05, 3.63) is 46.7 Å². The van der Waals surface area contributed by atoms with E-state index in [1.165, 1.54) is 0 Å². The van der Waals surface area contributed by atoms with Crippen LogP contribution in [0.4, 0.5) is 11.6 Å². The van der Waals surface area contributed by atoms with Crippen LogP contribution in [0.5, 0.6) is 0 Å². The van der Waals surface area contributed by atoms with E-state index in [0.29, 0.717) is 24.7 Å². The molecule has 2 heterocycles. The molecule has 6 nitrogen and oxygen atoms in total. The second-order valence-corrected chi connectivity index (χ2v) is 5.75. The van der Waals surface area contributed by atoms with Crippen LogP contribution in [0.15, 0.2) is 41.1 Å². The molecule has 0 atom stereocenters. The van der Waals surface area contributed by atoms with Gasteiger partial charge in [0.05, 0.1) is 18.8 Å². The van der Waals surface area contributed by atoms with Crippen LogP contribution in [0, 0.1) is 0 Å². The van der Waals surface area contributed by atoms with E-state index >= 15 is 0 Å². The van der Waals surface area contributed by atoms with E-state index in [9.17, 15) is 4.79 Å². The van der Waals surface area contributed by atoms with Crippen LogP contribution in [0.25, 0.3) is 0 Å². The van der Waals surface area contributed by atoms with Gasteiger partial charge in [-0.05, 0) is 18.2 Å². The number of anilines is 2. The monoisotopic (exact) mass is 362 g/mol. The molecule has 0 bridgehead atoms. The van der Waals surface area contributed by atoms with E-state index in [-0.39, 0.29) is 5.91 Å². The Labute approximate surface area is 136 Å². The second kappa shape index (κ2) is 6.85. The fourth-order valence-electron chi connectivity index (χ4n) is 2.13. The SMILES string of the molecule is O=C(Nc1cccc(Br)c1)c1cnc(N2CCOCC2)nc1. The van der Waals surface area contributed by atoms with Gasteiger partial charge in [0, 0.05) is 35.6 Å². The van der Waals surface area contributed by atoms with Crippen molar-refractivity contribution < 1.29 is 9.53 Å². The minimum absolute atomic E-state index is 0.230. The number of benzene rings is 1. The molecule has 0 spiro atoms. The second-order valence-electron chi connectivity index (χ2n) is 4.84. The zero-order valence-electron chi connectivity index (χ0n) is 11.8. The highest BCUT2D eigenvalue weighted by Crippen LogP contribution is 2.16. The number of hydrogen-bond donors (Lipinski definition) is 1. The third-order valence-corrected chi connectivity index (χ3v) is 3.77. The van der Waals surface area contributed by atoms with Crippen LogP contribution < -0.4 is 10.2 Å². The molecule has 1 fully saturated rings. The first-order valence-corrected chi connectivity index (χ1v) is 7.73. The molecule has 1 aromatic heterocycles. The summed E-state index contributed by atoms with van der Waals surface area (Å²) in [6, 6.07) is 7.42. The summed E-state index contributed by atoms with van der Waals surface area (Å²) in [5, 5.41) is 2.82. The minimum Gasteiger partial charge on any atom is -0.378 e. The van der Waals surface area contributed by atoms with Crippen LogP contribution in [0.1, 0.15) is 10.4 Å². The number of nitrogens with zero attached hydrogens (tertiary/aromatic N) is 3. The maximum atomic E-state index is 12.2. The van der Waals surface area contributed by atoms with Crippen LogP contribution >= 0.6 is 15.9 Å². The topological polar surface area (TPSA) is 67.4 Å². The predicted octanol–water partition coefficient (Wildman–Crippen LogP) is 2.33. The number of nitrogens with one attached hydrogen (secondary N) is 1. The van der Waals surface area contributed by atoms with Gasteiger partial charge in [-0.2, -0.15) is 0 Å². The molecule has 1 saturated heterocycles. The average Bonchev–Trinajstić information content (AvgIpc) is 2.56. The van der Waals surface area contributed by atoms with Gasteiger partial charge < -0.3 is 15.0 Å². The summed E-state index contributed by atoms with van der Waals surface area (Å²) in [5.74, 6) is 0.397. The lowest BCUT2D eigenvalue weighted by Gasteiger charge is -2.26. The largest absolute Gasteiger partial charge is 0.378 e. The Morgan fingerprint density at radius 2 is 1.95 bits per heavy atom. The molecule has 1 N–H and O–H groups in total. The molecule has 1 aromatic carbocycles. The maximum absolute atomic E-state index is 12.2. The lowest BCUT2D eigenvalue weighted by Crippen LogP contribution is -2.37. The van der Waals surface area contributed by atoms with Gasteiger partial charge in [0.1, 0.15) is 0 Å². The van der Waals surface area contributed by atoms with Gasteiger partial charge in [-0.1, -0.05) is 22.0 Å². The molecule has 0 radical (unpaired) electrons. The fraction of sp³-hybridized carbons (Fsp3) is 0.267. The highest BCUT2D eigenvalue weighted by atomic mass is 79.9. The van der Waals surface area contributed by atoms with Crippen LogP contribution in [0.3, 0.4) is 0 Å². The van der Waals surface area contributed by atoms with E-state index in [1.807, 2.05) is 29.2 Å².